The fourth-order valence-electron chi connectivity index (χ4n) is 1.03. The minimum absolute atomic E-state index is 0. The van der Waals surface area contributed by atoms with E-state index in [0.29, 0.717) is 6.54 Å². The number of nitrogens with zero attached hydrogens (tertiary/aromatic N) is 1. The van der Waals surface area contributed by atoms with Crippen LogP contribution >= 0.6 is 23.7 Å². The van der Waals surface area contributed by atoms with Gasteiger partial charge in [-0.05, 0) is 0 Å². The number of aliphatic hydroxyl groups is 1. The summed E-state index contributed by atoms with van der Waals surface area (Å²) < 4.78 is 0. The van der Waals surface area contributed by atoms with E-state index in [1.165, 1.54) is 5.01 Å². The zero-order chi connectivity index (χ0) is 10.6. The van der Waals surface area contributed by atoms with Gasteiger partial charge in [-0.3, -0.25) is 0 Å². The molecular weight excluding hydrogens is 232 g/mol. The van der Waals surface area contributed by atoms with Gasteiger partial charge < -0.3 is 10.4 Å². The average Bonchev–Trinajstić information content (AvgIpc) is 2.52. The number of aliphatic hydroxyl groups excluding tert-OH is 1. The van der Waals surface area contributed by atoms with E-state index in [0.717, 1.165) is 12.2 Å². The minimum Gasteiger partial charge on any atom is -0.395 e. The van der Waals surface area contributed by atoms with Crippen LogP contribution in [-0.4, -0.2) is 23.2 Å². The van der Waals surface area contributed by atoms with E-state index < -0.39 is 0 Å². The molecule has 0 fully saturated rings. The number of hydrogen-bond donors (Lipinski definition) is 2. The molecule has 1 aromatic rings. The van der Waals surface area contributed by atoms with Crippen molar-refractivity contribution in [2.75, 3.05) is 13.2 Å². The number of hydrogen-bond acceptors (Lipinski definition) is 4. The molecule has 0 aromatic carbocycles. The van der Waals surface area contributed by atoms with E-state index >= 15 is 0 Å². The molecule has 0 unspecified atom stereocenters. The fourth-order valence-corrected chi connectivity index (χ4v) is 1.94. The smallest absolute Gasteiger partial charge is 0.0982 e. The summed E-state index contributed by atoms with van der Waals surface area (Å²) in [7, 11) is 0. The number of rotatable bonds is 4. The van der Waals surface area contributed by atoms with Crippen molar-refractivity contribution in [1.29, 1.82) is 0 Å². The molecule has 0 saturated heterocycles. The lowest BCUT2D eigenvalue weighted by atomic mass is 9.98. The molecule has 2 N–H and O–H groups in total. The minimum atomic E-state index is 0. The molecule has 0 aliphatic rings. The van der Waals surface area contributed by atoms with Gasteiger partial charge in [0.2, 0.25) is 0 Å². The summed E-state index contributed by atoms with van der Waals surface area (Å²) in [5.41, 5.74) is 1.20. The maximum absolute atomic E-state index is 8.60. The lowest BCUT2D eigenvalue weighted by Crippen LogP contribution is -2.18. The molecule has 15 heavy (non-hydrogen) atoms. The van der Waals surface area contributed by atoms with Crippen LogP contribution in [0.2, 0.25) is 0 Å². The predicted octanol–water partition coefficient (Wildman–Crippen LogP) is 1.94. The SMILES string of the molecule is CC(C)(C)c1nc(CNCCO)cs1.Cl. The van der Waals surface area contributed by atoms with Crippen molar-refractivity contribution < 1.29 is 5.11 Å². The highest BCUT2D eigenvalue weighted by Crippen LogP contribution is 2.25. The van der Waals surface area contributed by atoms with E-state index in [1.54, 1.807) is 11.3 Å². The molecule has 5 heteroatoms. The third-order valence-electron chi connectivity index (χ3n) is 1.79. The van der Waals surface area contributed by atoms with Crippen molar-refractivity contribution in [3.63, 3.8) is 0 Å². The molecule has 0 amide bonds. The molecule has 1 heterocycles. The van der Waals surface area contributed by atoms with Crippen molar-refractivity contribution >= 4 is 23.7 Å². The molecule has 88 valence electrons. The molecule has 1 aromatic heterocycles. The topological polar surface area (TPSA) is 45.2 Å². The molecule has 1 rings (SSSR count). The third-order valence-corrected chi connectivity index (χ3v) is 3.10. The Morgan fingerprint density at radius 3 is 2.60 bits per heavy atom. The molecule has 0 atom stereocenters. The van der Waals surface area contributed by atoms with Gasteiger partial charge in [0.25, 0.3) is 0 Å². The highest BCUT2D eigenvalue weighted by molar-refractivity contribution is 7.09. The maximum Gasteiger partial charge on any atom is 0.0982 e. The van der Waals surface area contributed by atoms with Crippen molar-refractivity contribution in [1.82, 2.24) is 10.3 Å². The second-order valence-corrected chi connectivity index (χ2v) is 5.15. The molecule has 0 saturated carbocycles. The monoisotopic (exact) mass is 250 g/mol. The van der Waals surface area contributed by atoms with Crippen LogP contribution in [0, 0.1) is 0 Å². The van der Waals surface area contributed by atoms with Crippen LogP contribution in [0.1, 0.15) is 31.5 Å². The van der Waals surface area contributed by atoms with Crippen LogP contribution in [0.25, 0.3) is 0 Å². The lowest BCUT2D eigenvalue weighted by Gasteiger charge is -2.13. The Balaban J connectivity index is 0.00000196. The highest BCUT2D eigenvalue weighted by Gasteiger charge is 2.17. The first-order valence-corrected chi connectivity index (χ1v) is 5.68. The van der Waals surface area contributed by atoms with Crippen LogP contribution in [0.3, 0.4) is 0 Å². The first-order chi connectivity index (χ1) is 6.54. The van der Waals surface area contributed by atoms with Gasteiger partial charge in [-0.1, -0.05) is 20.8 Å². The second-order valence-electron chi connectivity index (χ2n) is 4.29. The number of halogens is 1. The summed E-state index contributed by atoms with van der Waals surface area (Å²) in [5, 5.41) is 14.9. The summed E-state index contributed by atoms with van der Waals surface area (Å²) >= 11 is 1.70. The predicted molar refractivity (Wildman–Crippen MR) is 66.9 cm³/mol. The molecule has 0 aliphatic carbocycles. The third kappa shape index (κ3) is 4.93. The molecular formula is C10H19ClN2OS. The van der Waals surface area contributed by atoms with E-state index in [9.17, 15) is 0 Å². The van der Waals surface area contributed by atoms with E-state index in [4.69, 9.17) is 5.11 Å². The Hall–Kier alpha value is -0.160. The fraction of sp³-hybridized carbons (Fsp3) is 0.700. The zero-order valence-electron chi connectivity index (χ0n) is 9.41. The number of thiazole rings is 1. The standard InChI is InChI=1S/C10H18N2OS.ClH/c1-10(2,3)9-12-8(7-14-9)6-11-4-5-13;/h7,11,13H,4-6H2,1-3H3;1H. The Labute approximate surface area is 101 Å². The van der Waals surface area contributed by atoms with Crippen LogP contribution < -0.4 is 5.32 Å². The summed E-state index contributed by atoms with van der Waals surface area (Å²) in [6, 6.07) is 0. The van der Waals surface area contributed by atoms with Crippen molar-refractivity contribution in [2.45, 2.75) is 32.7 Å². The van der Waals surface area contributed by atoms with Gasteiger partial charge in [0.05, 0.1) is 17.3 Å². The average molecular weight is 251 g/mol. The Morgan fingerprint density at radius 2 is 2.13 bits per heavy atom. The van der Waals surface area contributed by atoms with Crippen LogP contribution in [0.4, 0.5) is 0 Å². The van der Waals surface area contributed by atoms with Crippen molar-refractivity contribution in [2.24, 2.45) is 0 Å². The van der Waals surface area contributed by atoms with E-state index in [2.05, 4.69) is 36.5 Å². The molecule has 0 bridgehead atoms. The highest BCUT2D eigenvalue weighted by atomic mass is 35.5. The van der Waals surface area contributed by atoms with Gasteiger partial charge in [0.15, 0.2) is 0 Å². The Bertz CT molecular complexity index is 283. The lowest BCUT2D eigenvalue weighted by molar-refractivity contribution is 0.291. The molecule has 0 aliphatic heterocycles. The van der Waals surface area contributed by atoms with Crippen LogP contribution in [0.5, 0.6) is 0 Å². The quantitative estimate of drug-likeness (QED) is 0.803. The van der Waals surface area contributed by atoms with E-state index in [-0.39, 0.29) is 24.4 Å². The number of nitrogens with one attached hydrogen (secondary N) is 1. The van der Waals surface area contributed by atoms with Gasteiger partial charge in [-0.25, -0.2) is 4.98 Å². The number of aromatic nitrogens is 1. The van der Waals surface area contributed by atoms with Crippen molar-refractivity contribution in [3.05, 3.63) is 16.1 Å². The molecule has 0 spiro atoms. The van der Waals surface area contributed by atoms with Gasteiger partial charge in [0.1, 0.15) is 0 Å². The van der Waals surface area contributed by atoms with Crippen molar-refractivity contribution in [3.8, 4) is 0 Å². The zero-order valence-corrected chi connectivity index (χ0v) is 11.0. The summed E-state index contributed by atoms with van der Waals surface area (Å²) in [6.45, 7) is 8.04. The largest absolute Gasteiger partial charge is 0.395 e. The first-order valence-electron chi connectivity index (χ1n) is 4.80. The van der Waals surface area contributed by atoms with Gasteiger partial charge in [-0.15, -0.1) is 23.7 Å². The van der Waals surface area contributed by atoms with Crippen LogP contribution in [0.15, 0.2) is 5.38 Å². The normalized spacial score (nSPS) is 11.2. The summed E-state index contributed by atoms with van der Waals surface area (Å²) in [5.74, 6) is 0. The first kappa shape index (κ1) is 14.8. The van der Waals surface area contributed by atoms with E-state index in [1.807, 2.05) is 0 Å². The maximum atomic E-state index is 8.60. The molecule has 0 radical (unpaired) electrons. The summed E-state index contributed by atoms with van der Waals surface area (Å²) in [4.78, 5) is 4.53. The van der Waals surface area contributed by atoms with Gasteiger partial charge >= 0.3 is 0 Å². The Morgan fingerprint density at radius 1 is 1.47 bits per heavy atom. The van der Waals surface area contributed by atoms with Crippen LogP contribution in [-0.2, 0) is 12.0 Å². The molecule has 3 nitrogen and oxygen atoms in total. The van der Waals surface area contributed by atoms with Gasteiger partial charge in [-0.2, -0.15) is 0 Å². The Kier molecular flexibility index (Phi) is 6.36. The van der Waals surface area contributed by atoms with Gasteiger partial charge in [0, 0.05) is 23.9 Å². The second kappa shape index (κ2) is 6.43. The summed E-state index contributed by atoms with van der Waals surface area (Å²) in [6.07, 6.45) is 0.